The zero-order valence-electron chi connectivity index (χ0n) is 15.5. The lowest BCUT2D eigenvalue weighted by molar-refractivity contribution is -0.273. The number of carboxylic acids is 1. The van der Waals surface area contributed by atoms with Gasteiger partial charge in [0.15, 0.2) is 6.29 Å². The van der Waals surface area contributed by atoms with E-state index in [0.29, 0.717) is 6.42 Å². The molecule has 0 aromatic carbocycles. The van der Waals surface area contributed by atoms with Gasteiger partial charge in [0.05, 0.1) is 18.3 Å². The number of aliphatic hydroxyl groups is 2. The van der Waals surface area contributed by atoms with Gasteiger partial charge >= 0.3 is 5.97 Å². The predicted octanol–water partition coefficient (Wildman–Crippen LogP) is 3.01. The molecule has 6 nitrogen and oxygen atoms in total. The van der Waals surface area contributed by atoms with Crippen LogP contribution in [0.1, 0.15) is 71.6 Å². The molecule has 1 saturated heterocycles. The van der Waals surface area contributed by atoms with Gasteiger partial charge in [-0.05, 0) is 33.1 Å². The lowest BCUT2D eigenvalue weighted by atomic mass is 10.0. The fourth-order valence-corrected chi connectivity index (χ4v) is 2.95. The molecule has 146 valence electrons. The van der Waals surface area contributed by atoms with E-state index in [4.69, 9.17) is 14.6 Å². The molecular weight excluding hydrogens is 324 g/mol. The van der Waals surface area contributed by atoms with Crippen LogP contribution in [-0.4, -0.2) is 52.0 Å². The van der Waals surface area contributed by atoms with Gasteiger partial charge < -0.3 is 24.8 Å². The fourth-order valence-electron chi connectivity index (χ4n) is 2.95. The Morgan fingerprint density at radius 1 is 1.16 bits per heavy atom. The van der Waals surface area contributed by atoms with Crippen LogP contribution in [0.25, 0.3) is 0 Å². The molecule has 0 aromatic rings. The Kier molecular flexibility index (Phi) is 11.0. The smallest absolute Gasteiger partial charge is 0.327 e. The summed E-state index contributed by atoms with van der Waals surface area (Å²) in [5.74, 6) is -0.881. The van der Waals surface area contributed by atoms with E-state index in [-0.39, 0.29) is 12.2 Å². The minimum atomic E-state index is -0.881. The third-order valence-electron chi connectivity index (χ3n) is 4.55. The lowest BCUT2D eigenvalue weighted by Gasteiger charge is -2.36. The van der Waals surface area contributed by atoms with Crippen molar-refractivity contribution in [1.82, 2.24) is 0 Å². The van der Waals surface area contributed by atoms with Crippen LogP contribution in [-0.2, 0) is 14.3 Å². The molecule has 0 aliphatic carbocycles. The third-order valence-corrected chi connectivity index (χ3v) is 4.55. The Hall–Kier alpha value is -0.950. The number of rotatable bonds is 12. The Labute approximate surface area is 150 Å². The molecule has 0 bridgehead atoms. The molecule has 0 saturated carbocycles. The lowest BCUT2D eigenvalue weighted by Crippen LogP contribution is -2.48. The standard InChI is InChI=1S/C19H34O6/c1-14(24-19-17(21)13-16(20)15(2)25-19)11-9-7-5-3-4-6-8-10-12-18(22)23/h10,12,14-17,19-21H,3-9,11,13H2,1-2H3,(H,22,23)/b12-10+/t14-,15+,16-,17-,19-/m1/s1. The van der Waals surface area contributed by atoms with Crippen molar-refractivity contribution in [3.8, 4) is 0 Å². The summed E-state index contributed by atoms with van der Waals surface area (Å²) in [7, 11) is 0. The summed E-state index contributed by atoms with van der Waals surface area (Å²) in [4.78, 5) is 10.3. The van der Waals surface area contributed by atoms with Crippen molar-refractivity contribution in [2.75, 3.05) is 0 Å². The van der Waals surface area contributed by atoms with Gasteiger partial charge in [0.1, 0.15) is 6.10 Å². The van der Waals surface area contributed by atoms with Crippen LogP contribution in [0.3, 0.4) is 0 Å². The minimum absolute atomic E-state index is 0.0169. The number of unbranched alkanes of at least 4 members (excludes halogenated alkanes) is 6. The van der Waals surface area contributed by atoms with Crippen LogP contribution in [0.4, 0.5) is 0 Å². The maximum Gasteiger partial charge on any atom is 0.327 e. The average molecular weight is 358 g/mol. The number of aliphatic carboxylic acids is 1. The number of aliphatic hydroxyl groups excluding tert-OH is 2. The normalized spacial score (nSPS) is 28.3. The van der Waals surface area contributed by atoms with E-state index in [9.17, 15) is 15.0 Å². The second-order valence-corrected chi connectivity index (χ2v) is 6.97. The van der Waals surface area contributed by atoms with Crippen molar-refractivity contribution in [1.29, 1.82) is 0 Å². The van der Waals surface area contributed by atoms with E-state index in [0.717, 1.165) is 44.9 Å². The largest absolute Gasteiger partial charge is 0.478 e. The Bertz CT molecular complexity index is 397. The third kappa shape index (κ3) is 9.94. The van der Waals surface area contributed by atoms with E-state index >= 15 is 0 Å². The number of allylic oxidation sites excluding steroid dienone is 1. The van der Waals surface area contributed by atoms with Crippen molar-refractivity contribution in [2.24, 2.45) is 0 Å². The van der Waals surface area contributed by atoms with Crippen molar-refractivity contribution in [3.63, 3.8) is 0 Å². The maximum absolute atomic E-state index is 10.3. The quantitative estimate of drug-likeness (QED) is 0.367. The van der Waals surface area contributed by atoms with Crippen molar-refractivity contribution >= 4 is 5.97 Å². The maximum atomic E-state index is 10.3. The molecule has 0 spiro atoms. The summed E-state index contributed by atoms with van der Waals surface area (Å²) >= 11 is 0. The summed E-state index contributed by atoms with van der Waals surface area (Å²) < 4.78 is 11.3. The summed E-state index contributed by atoms with van der Waals surface area (Å²) in [6, 6.07) is 0. The molecule has 0 radical (unpaired) electrons. The van der Waals surface area contributed by atoms with Crippen LogP contribution in [0.5, 0.6) is 0 Å². The van der Waals surface area contributed by atoms with E-state index in [1.807, 2.05) is 6.92 Å². The Balaban J connectivity index is 2.00. The molecule has 1 heterocycles. The van der Waals surface area contributed by atoms with Crippen LogP contribution in [0.15, 0.2) is 12.2 Å². The molecule has 6 heteroatoms. The zero-order chi connectivity index (χ0) is 18.7. The molecule has 0 amide bonds. The SMILES string of the molecule is C[C@H](CCCCCCCC/C=C/C(=O)O)O[C@@H]1O[C@@H](C)[C@H](O)C[C@H]1O. The molecule has 1 rings (SSSR count). The van der Waals surface area contributed by atoms with Gasteiger partial charge in [0.25, 0.3) is 0 Å². The number of hydrogen-bond donors (Lipinski definition) is 3. The second-order valence-electron chi connectivity index (χ2n) is 6.97. The molecular formula is C19H34O6. The number of carboxylic acid groups (broad SMARTS) is 1. The first-order chi connectivity index (χ1) is 11.9. The Morgan fingerprint density at radius 3 is 2.48 bits per heavy atom. The minimum Gasteiger partial charge on any atom is -0.478 e. The summed E-state index contributed by atoms with van der Waals surface area (Å²) in [5.41, 5.74) is 0. The molecule has 1 aliphatic rings. The highest BCUT2D eigenvalue weighted by molar-refractivity contribution is 5.79. The first-order valence-corrected chi connectivity index (χ1v) is 9.46. The molecule has 1 fully saturated rings. The predicted molar refractivity (Wildman–Crippen MR) is 95.2 cm³/mol. The van der Waals surface area contributed by atoms with Gasteiger partial charge in [0, 0.05) is 12.5 Å². The van der Waals surface area contributed by atoms with Crippen molar-refractivity contribution < 1.29 is 29.6 Å². The number of ether oxygens (including phenoxy) is 2. The first kappa shape index (κ1) is 22.1. The van der Waals surface area contributed by atoms with E-state index in [2.05, 4.69) is 0 Å². The van der Waals surface area contributed by atoms with Gasteiger partial charge in [-0.2, -0.15) is 0 Å². The average Bonchev–Trinajstić information content (AvgIpc) is 2.54. The molecule has 25 heavy (non-hydrogen) atoms. The topological polar surface area (TPSA) is 96.2 Å². The second kappa shape index (κ2) is 12.4. The summed E-state index contributed by atoms with van der Waals surface area (Å²) in [6.07, 6.45) is 9.30. The van der Waals surface area contributed by atoms with Crippen LogP contribution in [0.2, 0.25) is 0 Å². The highest BCUT2D eigenvalue weighted by Crippen LogP contribution is 2.23. The van der Waals surface area contributed by atoms with Crippen molar-refractivity contribution in [3.05, 3.63) is 12.2 Å². The summed E-state index contributed by atoms with van der Waals surface area (Å²) in [6.45, 7) is 3.77. The zero-order valence-corrected chi connectivity index (χ0v) is 15.5. The highest BCUT2D eigenvalue weighted by atomic mass is 16.7. The molecule has 0 unspecified atom stereocenters. The summed E-state index contributed by atoms with van der Waals surface area (Å²) in [5, 5.41) is 28.0. The van der Waals surface area contributed by atoms with Crippen LogP contribution in [0, 0.1) is 0 Å². The van der Waals surface area contributed by atoms with Crippen molar-refractivity contribution in [2.45, 2.75) is 102 Å². The van der Waals surface area contributed by atoms with E-state index < -0.39 is 24.5 Å². The van der Waals surface area contributed by atoms with E-state index in [1.54, 1.807) is 13.0 Å². The van der Waals surface area contributed by atoms with Crippen LogP contribution < -0.4 is 0 Å². The van der Waals surface area contributed by atoms with Gasteiger partial charge in [0.2, 0.25) is 0 Å². The van der Waals surface area contributed by atoms with Gasteiger partial charge in [-0.25, -0.2) is 4.79 Å². The molecule has 3 N–H and O–H groups in total. The highest BCUT2D eigenvalue weighted by Gasteiger charge is 2.35. The number of hydrogen-bond acceptors (Lipinski definition) is 5. The van der Waals surface area contributed by atoms with Gasteiger partial charge in [-0.3, -0.25) is 0 Å². The van der Waals surface area contributed by atoms with E-state index in [1.165, 1.54) is 12.5 Å². The van der Waals surface area contributed by atoms with Crippen LogP contribution >= 0.6 is 0 Å². The van der Waals surface area contributed by atoms with Gasteiger partial charge in [-0.15, -0.1) is 0 Å². The van der Waals surface area contributed by atoms with Gasteiger partial charge in [-0.1, -0.05) is 38.2 Å². The Morgan fingerprint density at radius 2 is 1.80 bits per heavy atom. The molecule has 1 aliphatic heterocycles. The molecule has 5 atom stereocenters. The fraction of sp³-hybridized carbons (Fsp3) is 0.842. The monoisotopic (exact) mass is 358 g/mol. The number of carbonyl (C=O) groups is 1. The molecule has 0 aromatic heterocycles. The first-order valence-electron chi connectivity index (χ1n) is 9.46.